The van der Waals surface area contributed by atoms with Crippen molar-refractivity contribution in [3.8, 4) is 12.3 Å². The molecule has 8 nitrogen and oxygen atoms in total. The van der Waals surface area contributed by atoms with Crippen molar-refractivity contribution in [2.24, 2.45) is 0 Å². The van der Waals surface area contributed by atoms with Crippen LogP contribution in [0.15, 0.2) is 54.6 Å². The minimum absolute atomic E-state index is 0.122. The lowest BCUT2D eigenvalue weighted by molar-refractivity contribution is -0.347. The lowest BCUT2D eigenvalue weighted by Crippen LogP contribution is -2.67. The number of hydrogen-bond donors (Lipinski definition) is 1. The number of imide groups is 1. The van der Waals surface area contributed by atoms with E-state index in [0.717, 1.165) is 10.5 Å². The number of fused-ring (bicyclic) bond motifs is 2. The predicted molar refractivity (Wildman–Crippen MR) is 110 cm³/mol. The molecule has 3 heterocycles. The van der Waals surface area contributed by atoms with Crippen LogP contribution in [0.4, 0.5) is 0 Å². The van der Waals surface area contributed by atoms with Gasteiger partial charge in [0.15, 0.2) is 12.6 Å². The van der Waals surface area contributed by atoms with Gasteiger partial charge in [0.25, 0.3) is 11.8 Å². The molecule has 164 valence electrons. The smallest absolute Gasteiger partial charge is 0.262 e. The van der Waals surface area contributed by atoms with E-state index in [0.29, 0.717) is 0 Å². The van der Waals surface area contributed by atoms with Crippen molar-refractivity contribution in [3.63, 3.8) is 0 Å². The van der Waals surface area contributed by atoms with Crippen LogP contribution in [0.25, 0.3) is 0 Å². The minimum atomic E-state index is -1.28. The molecule has 3 aliphatic heterocycles. The molecule has 2 fully saturated rings. The SMILES string of the molecule is C#CCO[C@@H]1O[C@@H]2COC(c3ccccc3)O[C@H]2[C@H](O)[C@H]1N1C(=O)c2ccccc2C1=O. The lowest BCUT2D eigenvalue weighted by atomic mass is 9.94. The average Bonchev–Trinajstić information content (AvgIpc) is 3.08. The highest BCUT2D eigenvalue weighted by molar-refractivity contribution is 6.21. The number of carbonyl (C=O) groups excluding carboxylic acids is 2. The monoisotopic (exact) mass is 435 g/mol. The van der Waals surface area contributed by atoms with Crippen molar-refractivity contribution in [3.05, 3.63) is 71.3 Å². The minimum Gasteiger partial charge on any atom is -0.388 e. The number of carbonyl (C=O) groups is 2. The number of hydrogen-bond acceptors (Lipinski definition) is 7. The molecule has 1 unspecified atom stereocenters. The van der Waals surface area contributed by atoms with Crippen molar-refractivity contribution >= 4 is 11.8 Å². The maximum atomic E-state index is 13.1. The van der Waals surface area contributed by atoms with Crippen LogP contribution in [-0.2, 0) is 18.9 Å². The molecular weight excluding hydrogens is 414 g/mol. The highest BCUT2D eigenvalue weighted by Crippen LogP contribution is 2.38. The molecule has 2 aromatic carbocycles. The fraction of sp³-hybridized carbons (Fsp3) is 0.333. The van der Waals surface area contributed by atoms with Crippen molar-refractivity contribution in [1.29, 1.82) is 0 Å². The average molecular weight is 435 g/mol. The summed E-state index contributed by atoms with van der Waals surface area (Å²) in [6, 6.07) is 14.6. The summed E-state index contributed by atoms with van der Waals surface area (Å²) in [5, 5.41) is 11.3. The molecule has 0 aliphatic carbocycles. The van der Waals surface area contributed by atoms with Gasteiger partial charge in [-0.15, -0.1) is 6.42 Å². The molecular formula is C24H21NO7. The quantitative estimate of drug-likeness (QED) is 0.575. The third-order valence-electron chi connectivity index (χ3n) is 5.86. The Morgan fingerprint density at radius 3 is 2.34 bits per heavy atom. The summed E-state index contributed by atoms with van der Waals surface area (Å²) >= 11 is 0. The number of aliphatic hydroxyl groups excluding tert-OH is 1. The summed E-state index contributed by atoms with van der Waals surface area (Å²) in [6.07, 6.45) is 0.669. The van der Waals surface area contributed by atoms with Crippen LogP contribution in [-0.4, -0.2) is 65.7 Å². The van der Waals surface area contributed by atoms with Crippen LogP contribution >= 0.6 is 0 Å². The third kappa shape index (κ3) is 3.41. The maximum absolute atomic E-state index is 13.1. The highest BCUT2D eigenvalue weighted by atomic mass is 16.7. The van der Waals surface area contributed by atoms with E-state index in [2.05, 4.69) is 5.92 Å². The number of rotatable bonds is 4. The zero-order valence-corrected chi connectivity index (χ0v) is 17.0. The number of amides is 2. The first-order valence-corrected chi connectivity index (χ1v) is 10.3. The molecule has 8 heteroatoms. The van der Waals surface area contributed by atoms with Gasteiger partial charge in [-0.1, -0.05) is 48.4 Å². The molecule has 0 bridgehead atoms. The largest absolute Gasteiger partial charge is 0.388 e. The van der Waals surface area contributed by atoms with E-state index in [1.807, 2.05) is 30.3 Å². The van der Waals surface area contributed by atoms with Crippen molar-refractivity contribution in [2.75, 3.05) is 13.2 Å². The molecule has 0 aromatic heterocycles. The normalized spacial score (nSPS) is 31.7. The zero-order chi connectivity index (χ0) is 22.2. The van der Waals surface area contributed by atoms with Crippen LogP contribution in [0.1, 0.15) is 32.6 Å². The van der Waals surface area contributed by atoms with E-state index in [1.165, 1.54) is 0 Å². The highest BCUT2D eigenvalue weighted by Gasteiger charge is 2.55. The maximum Gasteiger partial charge on any atom is 0.262 e. The molecule has 5 rings (SSSR count). The number of nitrogens with zero attached hydrogens (tertiary/aromatic N) is 1. The van der Waals surface area contributed by atoms with Gasteiger partial charge >= 0.3 is 0 Å². The van der Waals surface area contributed by atoms with Crippen molar-refractivity contribution < 1.29 is 33.6 Å². The summed E-state index contributed by atoms with van der Waals surface area (Å²) in [5.41, 5.74) is 1.30. The Balaban J connectivity index is 1.46. The number of aliphatic hydroxyl groups is 1. The Hall–Kier alpha value is -3.06. The first kappa shape index (κ1) is 20.8. The van der Waals surface area contributed by atoms with Crippen LogP contribution < -0.4 is 0 Å². The molecule has 6 atom stereocenters. The first-order valence-electron chi connectivity index (χ1n) is 10.3. The van der Waals surface area contributed by atoms with Crippen molar-refractivity contribution in [1.82, 2.24) is 4.90 Å². The first-order chi connectivity index (χ1) is 15.6. The van der Waals surface area contributed by atoms with E-state index in [9.17, 15) is 14.7 Å². The van der Waals surface area contributed by atoms with Crippen LogP contribution in [0.3, 0.4) is 0 Å². The molecule has 0 radical (unpaired) electrons. The molecule has 0 spiro atoms. The van der Waals surface area contributed by atoms with E-state index < -0.39 is 48.7 Å². The third-order valence-corrected chi connectivity index (χ3v) is 5.86. The number of ether oxygens (including phenoxy) is 4. The van der Waals surface area contributed by atoms with E-state index in [4.69, 9.17) is 25.4 Å². The Labute approximate surface area is 184 Å². The van der Waals surface area contributed by atoms with Gasteiger partial charge in [0.05, 0.1) is 17.7 Å². The number of terminal acetylenes is 1. The lowest BCUT2D eigenvalue weighted by Gasteiger charge is -2.49. The second-order valence-electron chi connectivity index (χ2n) is 7.74. The van der Waals surface area contributed by atoms with Gasteiger partial charge in [-0.3, -0.25) is 14.5 Å². The predicted octanol–water partition coefficient (Wildman–Crippen LogP) is 1.50. The Morgan fingerprint density at radius 1 is 1.03 bits per heavy atom. The van der Waals surface area contributed by atoms with Gasteiger partial charge in [-0.25, -0.2) is 0 Å². The van der Waals surface area contributed by atoms with Crippen LogP contribution in [0.5, 0.6) is 0 Å². The van der Waals surface area contributed by atoms with Gasteiger partial charge in [0, 0.05) is 5.56 Å². The van der Waals surface area contributed by atoms with Crippen LogP contribution in [0.2, 0.25) is 0 Å². The standard InChI is InChI=1S/C24H21NO7/c1-2-12-29-24-18(25-21(27)15-10-6-7-11-16(15)22(25)28)19(26)20-17(31-24)13-30-23(32-20)14-8-4-3-5-9-14/h1,3-11,17-20,23-24,26H,12-13H2/t17-,18-,19-,20-,23?,24-/m1/s1. The van der Waals surface area contributed by atoms with Gasteiger partial charge in [-0.2, -0.15) is 0 Å². The van der Waals surface area contributed by atoms with Gasteiger partial charge < -0.3 is 24.1 Å². The summed E-state index contributed by atoms with van der Waals surface area (Å²) < 4.78 is 23.4. The second kappa shape index (κ2) is 8.47. The van der Waals surface area contributed by atoms with Crippen LogP contribution in [0, 0.1) is 12.3 Å². The summed E-state index contributed by atoms with van der Waals surface area (Å²) in [6.45, 7) is 0.00877. The number of benzene rings is 2. The van der Waals surface area contributed by atoms with E-state index in [1.54, 1.807) is 24.3 Å². The summed E-state index contributed by atoms with van der Waals surface area (Å²) in [5.74, 6) is 1.29. The van der Waals surface area contributed by atoms with Gasteiger partial charge in [-0.05, 0) is 12.1 Å². The van der Waals surface area contributed by atoms with Crippen molar-refractivity contribution in [2.45, 2.75) is 36.9 Å². The molecule has 32 heavy (non-hydrogen) atoms. The fourth-order valence-corrected chi connectivity index (χ4v) is 4.38. The topological polar surface area (TPSA) is 94.5 Å². The summed E-state index contributed by atoms with van der Waals surface area (Å²) in [7, 11) is 0. The molecule has 2 saturated heterocycles. The molecule has 0 saturated carbocycles. The fourth-order valence-electron chi connectivity index (χ4n) is 4.38. The Kier molecular flexibility index (Phi) is 5.51. The molecule has 2 amide bonds. The Bertz CT molecular complexity index is 1030. The van der Waals surface area contributed by atoms with E-state index >= 15 is 0 Å². The van der Waals surface area contributed by atoms with Gasteiger partial charge in [0.2, 0.25) is 0 Å². The molecule has 1 N–H and O–H groups in total. The zero-order valence-electron chi connectivity index (χ0n) is 17.0. The molecule has 2 aromatic rings. The van der Waals surface area contributed by atoms with Gasteiger partial charge in [0.1, 0.15) is 31.0 Å². The summed E-state index contributed by atoms with van der Waals surface area (Å²) in [4.78, 5) is 27.2. The Morgan fingerprint density at radius 2 is 1.69 bits per heavy atom. The van der Waals surface area contributed by atoms with E-state index in [-0.39, 0.29) is 24.3 Å². The second-order valence-corrected chi connectivity index (χ2v) is 7.74. The molecule has 3 aliphatic rings.